The van der Waals surface area contributed by atoms with Gasteiger partial charge in [-0.25, -0.2) is 9.59 Å². The number of esters is 3. The van der Waals surface area contributed by atoms with Gasteiger partial charge >= 0.3 is 17.9 Å². The second kappa shape index (κ2) is 10.8. The van der Waals surface area contributed by atoms with E-state index in [2.05, 4.69) is 13.2 Å². The third-order valence-corrected chi connectivity index (χ3v) is 4.35. The van der Waals surface area contributed by atoms with Gasteiger partial charge in [-0.05, 0) is 26.7 Å². The summed E-state index contributed by atoms with van der Waals surface area (Å²) >= 11 is 0. The van der Waals surface area contributed by atoms with E-state index >= 15 is 0 Å². The van der Waals surface area contributed by atoms with Crippen LogP contribution in [0.5, 0.6) is 0 Å². The van der Waals surface area contributed by atoms with E-state index in [1.807, 2.05) is 0 Å². The van der Waals surface area contributed by atoms with Crippen LogP contribution >= 0.6 is 0 Å². The quantitative estimate of drug-likeness (QED) is 0.168. The van der Waals surface area contributed by atoms with Crippen LogP contribution in [-0.2, 0) is 38.7 Å². The second-order valence-corrected chi connectivity index (χ2v) is 7.69. The lowest BCUT2D eigenvalue weighted by Gasteiger charge is -2.29. The van der Waals surface area contributed by atoms with E-state index < -0.39 is 52.4 Å². The van der Waals surface area contributed by atoms with Crippen LogP contribution in [0.15, 0.2) is 24.3 Å². The molecule has 0 aliphatic rings. The summed E-state index contributed by atoms with van der Waals surface area (Å²) in [6.07, 6.45) is -0.0153. The normalized spacial score (nSPS) is 11.4. The fourth-order valence-corrected chi connectivity index (χ4v) is 2.20. The van der Waals surface area contributed by atoms with Crippen molar-refractivity contribution in [2.75, 3.05) is 25.6 Å². The molecule has 0 aromatic heterocycles. The molecule has 0 amide bonds. The topological polar surface area (TPSA) is 133 Å². The second-order valence-electron chi connectivity index (χ2n) is 6.12. The number of carbonyl (C=O) groups excluding carboxylic acids is 3. The van der Waals surface area contributed by atoms with Gasteiger partial charge in [0.15, 0.2) is 0 Å². The molecule has 9 nitrogen and oxygen atoms in total. The van der Waals surface area contributed by atoms with Crippen molar-refractivity contribution in [2.24, 2.45) is 5.41 Å². The largest absolute Gasteiger partial charge is 0.465 e. The van der Waals surface area contributed by atoms with Crippen LogP contribution in [-0.4, -0.2) is 56.5 Å². The van der Waals surface area contributed by atoms with E-state index in [1.165, 1.54) is 13.8 Å². The van der Waals surface area contributed by atoms with Gasteiger partial charge in [-0.2, -0.15) is 8.42 Å². The van der Waals surface area contributed by atoms with Crippen molar-refractivity contribution < 1.29 is 41.6 Å². The highest BCUT2D eigenvalue weighted by Gasteiger charge is 2.42. The lowest BCUT2D eigenvalue weighted by atomic mass is 9.87. The monoisotopic (exact) mass is 406 g/mol. The molecule has 0 aromatic rings. The molecule has 10 heteroatoms. The molecule has 0 bridgehead atoms. The van der Waals surface area contributed by atoms with E-state index in [-0.39, 0.29) is 30.6 Å². The molecular formula is C17H26O9S. The first kappa shape index (κ1) is 24.8. The zero-order valence-electron chi connectivity index (χ0n) is 15.8. The first-order valence-corrected chi connectivity index (χ1v) is 9.73. The van der Waals surface area contributed by atoms with Gasteiger partial charge in [0.1, 0.15) is 18.6 Å². The van der Waals surface area contributed by atoms with Crippen molar-refractivity contribution in [3.8, 4) is 0 Å². The maximum absolute atomic E-state index is 12.5. The summed E-state index contributed by atoms with van der Waals surface area (Å²) in [5, 5.41) is 0. The van der Waals surface area contributed by atoms with Crippen molar-refractivity contribution in [1.82, 2.24) is 0 Å². The van der Waals surface area contributed by atoms with E-state index in [0.29, 0.717) is 0 Å². The van der Waals surface area contributed by atoms with E-state index in [4.69, 9.17) is 18.8 Å². The van der Waals surface area contributed by atoms with Gasteiger partial charge in [-0.15, -0.1) is 0 Å². The van der Waals surface area contributed by atoms with Crippen LogP contribution in [0.4, 0.5) is 0 Å². The highest BCUT2D eigenvalue weighted by atomic mass is 32.2. The first-order valence-electron chi connectivity index (χ1n) is 8.12. The summed E-state index contributed by atoms with van der Waals surface area (Å²) in [6.45, 7) is 10.2. The lowest BCUT2D eigenvalue weighted by Crippen LogP contribution is -2.43. The molecule has 0 aliphatic carbocycles. The van der Waals surface area contributed by atoms with Crippen LogP contribution in [0.25, 0.3) is 0 Å². The molecule has 0 saturated heterocycles. The van der Waals surface area contributed by atoms with Crippen LogP contribution in [0.3, 0.4) is 0 Å². The minimum absolute atomic E-state index is 0.108. The zero-order valence-corrected chi connectivity index (χ0v) is 16.6. The average molecular weight is 406 g/mol. The maximum Gasteiger partial charge on any atom is 0.333 e. The molecule has 0 radical (unpaired) electrons. The van der Waals surface area contributed by atoms with Gasteiger partial charge in [0, 0.05) is 11.1 Å². The summed E-state index contributed by atoms with van der Waals surface area (Å²) in [7, 11) is -4.17. The summed E-state index contributed by atoms with van der Waals surface area (Å²) in [5.74, 6) is -2.85. The fourth-order valence-electron chi connectivity index (χ4n) is 1.72. The van der Waals surface area contributed by atoms with Crippen LogP contribution in [0.2, 0.25) is 0 Å². The van der Waals surface area contributed by atoms with Gasteiger partial charge in [0.2, 0.25) is 0 Å². The molecule has 0 aliphatic heterocycles. The number of hydrogen-bond acceptors (Lipinski definition) is 8. The molecular weight excluding hydrogens is 380 g/mol. The molecule has 0 fully saturated rings. The Hall–Kier alpha value is -2.20. The van der Waals surface area contributed by atoms with Gasteiger partial charge in [-0.3, -0.25) is 9.35 Å². The Kier molecular flexibility index (Phi) is 9.95. The third kappa shape index (κ3) is 9.34. The van der Waals surface area contributed by atoms with Gasteiger partial charge in [0.25, 0.3) is 10.1 Å². The maximum atomic E-state index is 12.5. The minimum atomic E-state index is -4.17. The summed E-state index contributed by atoms with van der Waals surface area (Å²) < 4.78 is 45.2. The SMILES string of the molecule is C=C(C)C(=O)OCC(CC)(COC(=O)C(=C)C)C(=O)OCCCS(=O)(=O)O. The number of rotatable bonds is 12. The van der Waals surface area contributed by atoms with Crippen molar-refractivity contribution in [2.45, 2.75) is 33.6 Å². The van der Waals surface area contributed by atoms with E-state index in [1.54, 1.807) is 6.92 Å². The summed E-state index contributed by atoms with van der Waals surface area (Å²) in [6, 6.07) is 0. The molecule has 0 spiro atoms. The fraction of sp³-hybridized carbons (Fsp3) is 0.588. The van der Waals surface area contributed by atoms with Crippen LogP contribution in [0, 0.1) is 5.41 Å². The molecule has 154 valence electrons. The third-order valence-electron chi connectivity index (χ3n) is 3.55. The van der Waals surface area contributed by atoms with E-state index in [0.717, 1.165) is 0 Å². The van der Waals surface area contributed by atoms with E-state index in [9.17, 15) is 22.8 Å². The van der Waals surface area contributed by atoms with Crippen molar-refractivity contribution >= 4 is 28.0 Å². The lowest BCUT2D eigenvalue weighted by molar-refractivity contribution is -0.170. The first-order chi connectivity index (χ1) is 12.3. The molecule has 0 aromatic carbocycles. The molecule has 0 atom stereocenters. The molecule has 0 rings (SSSR count). The zero-order chi connectivity index (χ0) is 21.3. The van der Waals surface area contributed by atoms with Gasteiger partial charge in [0.05, 0.1) is 12.4 Å². The van der Waals surface area contributed by atoms with Crippen LogP contribution < -0.4 is 0 Å². The smallest absolute Gasteiger partial charge is 0.333 e. The average Bonchev–Trinajstić information content (AvgIpc) is 2.57. The molecule has 0 unspecified atom stereocenters. The number of hydrogen-bond donors (Lipinski definition) is 1. The number of carbonyl (C=O) groups is 3. The van der Waals surface area contributed by atoms with Crippen molar-refractivity contribution in [1.29, 1.82) is 0 Å². The highest BCUT2D eigenvalue weighted by molar-refractivity contribution is 7.85. The standard InChI is InChI=1S/C17H26O9S/c1-6-17(10-25-14(18)12(2)3,11-26-15(19)13(4)5)16(20)24-8-7-9-27(21,22)23/h2,4,6-11H2,1,3,5H3,(H,21,22,23). The van der Waals surface area contributed by atoms with Gasteiger partial charge in [-0.1, -0.05) is 20.1 Å². The Balaban J connectivity index is 5.17. The molecule has 1 N–H and O–H groups in total. The molecule has 0 saturated carbocycles. The Labute approximate surface area is 159 Å². The van der Waals surface area contributed by atoms with Gasteiger partial charge < -0.3 is 14.2 Å². The van der Waals surface area contributed by atoms with Crippen molar-refractivity contribution in [3.63, 3.8) is 0 Å². The Morgan fingerprint density at radius 3 is 1.74 bits per heavy atom. The minimum Gasteiger partial charge on any atom is -0.465 e. The highest BCUT2D eigenvalue weighted by Crippen LogP contribution is 2.26. The molecule has 0 heterocycles. The predicted molar refractivity (Wildman–Crippen MR) is 96.3 cm³/mol. The molecule has 27 heavy (non-hydrogen) atoms. The number of ether oxygens (including phenoxy) is 3. The Morgan fingerprint density at radius 1 is 0.963 bits per heavy atom. The Morgan fingerprint density at radius 2 is 1.41 bits per heavy atom. The van der Waals surface area contributed by atoms with Crippen LogP contribution in [0.1, 0.15) is 33.6 Å². The van der Waals surface area contributed by atoms with Crippen molar-refractivity contribution in [3.05, 3.63) is 24.3 Å². The summed E-state index contributed by atoms with van der Waals surface area (Å²) in [4.78, 5) is 35.8. The Bertz CT molecular complexity index is 661. The predicted octanol–water partition coefficient (Wildman–Crippen LogP) is 1.44. The summed E-state index contributed by atoms with van der Waals surface area (Å²) in [5.41, 5.74) is -1.23.